The molecule has 3 rings (SSSR count). The van der Waals surface area contributed by atoms with Crippen LogP contribution in [0.15, 0.2) is 47.6 Å². The number of hydrogen-bond donors (Lipinski definition) is 3. The van der Waals surface area contributed by atoms with Crippen LogP contribution in [0.5, 0.6) is 0 Å². The second kappa shape index (κ2) is 9.37. The van der Waals surface area contributed by atoms with Gasteiger partial charge in [0.15, 0.2) is 0 Å². The van der Waals surface area contributed by atoms with Crippen molar-refractivity contribution in [1.29, 1.82) is 0 Å². The minimum absolute atomic E-state index is 0.144. The van der Waals surface area contributed by atoms with Gasteiger partial charge in [-0.2, -0.15) is 0 Å². The molecule has 0 amide bonds. The third-order valence-corrected chi connectivity index (χ3v) is 8.79. The highest BCUT2D eigenvalue weighted by Crippen LogP contribution is 2.59. The van der Waals surface area contributed by atoms with Gasteiger partial charge in [0.05, 0.1) is 17.8 Å². The molecule has 0 aromatic carbocycles. The topological polar surface area (TPSA) is 60.7 Å². The van der Waals surface area contributed by atoms with Gasteiger partial charge in [0.25, 0.3) is 0 Å². The van der Waals surface area contributed by atoms with Crippen LogP contribution in [-0.4, -0.2) is 33.1 Å². The van der Waals surface area contributed by atoms with Crippen LogP contribution in [0.1, 0.15) is 79.6 Å². The summed E-state index contributed by atoms with van der Waals surface area (Å²) in [6.07, 6.45) is 15.1. The minimum Gasteiger partial charge on any atom is -0.390 e. The van der Waals surface area contributed by atoms with Crippen molar-refractivity contribution < 1.29 is 15.3 Å². The first kappa shape index (κ1) is 24.5. The molecule has 0 spiro atoms. The monoisotopic (exact) mass is 428 g/mol. The van der Waals surface area contributed by atoms with Crippen molar-refractivity contribution in [1.82, 2.24) is 0 Å². The number of rotatable bonds is 5. The predicted molar refractivity (Wildman–Crippen MR) is 128 cm³/mol. The Morgan fingerprint density at radius 3 is 2.32 bits per heavy atom. The second-order valence-corrected chi connectivity index (χ2v) is 11.4. The fraction of sp³-hybridized carbons (Fsp3) is 0.714. The lowest BCUT2D eigenvalue weighted by molar-refractivity contribution is 0.0436. The summed E-state index contributed by atoms with van der Waals surface area (Å²) in [5.74, 6) is 1.94. The fourth-order valence-corrected chi connectivity index (χ4v) is 6.28. The lowest BCUT2D eigenvalue weighted by Gasteiger charge is -2.44. The number of hydrogen-bond acceptors (Lipinski definition) is 3. The van der Waals surface area contributed by atoms with Crippen molar-refractivity contribution in [2.45, 2.75) is 97.4 Å². The van der Waals surface area contributed by atoms with Gasteiger partial charge in [0.1, 0.15) is 0 Å². The zero-order chi connectivity index (χ0) is 23.0. The number of allylic oxidation sites excluding steroid dienone is 4. The smallest absolute Gasteiger partial charge is 0.0809 e. The third kappa shape index (κ3) is 5.26. The van der Waals surface area contributed by atoms with Crippen LogP contribution >= 0.6 is 0 Å². The largest absolute Gasteiger partial charge is 0.390 e. The summed E-state index contributed by atoms with van der Waals surface area (Å²) in [6, 6.07) is 0. The summed E-state index contributed by atoms with van der Waals surface area (Å²) in [4.78, 5) is 0. The van der Waals surface area contributed by atoms with Crippen molar-refractivity contribution in [2.24, 2.45) is 29.1 Å². The van der Waals surface area contributed by atoms with Gasteiger partial charge in [0, 0.05) is 5.92 Å². The Morgan fingerprint density at radius 2 is 1.71 bits per heavy atom. The lowest BCUT2D eigenvalue weighted by Crippen LogP contribution is -2.35. The molecular weight excluding hydrogens is 384 g/mol. The molecule has 0 radical (unpaired) electrons. The fourth-order valence-electron chi connectivity index (χ4n) is 6.28. The van der Waals surface area contributed by atoms with Gasteiger partial charge >= 0.3 is 0 Å². The van der Waals surface area contributed by atoms with E-state index in [-0.39, 0.29) is 5.92 Å². The predicted octanol–water partition coefficient (Wildman–Crippen LogP) is 5.73. The van der Waals surface area contributed by atoms with Crippen LogP contribution in [0.2, 0.25) is 0 Å². The maximum atomic E-state index is 10.3. The van der Waals surface area contributed by atoms with Gasteiger partial charge in [-0.25, -0.2) is 0 Å². The van der Waals surface area contributed by atoms with E-state index in [4.69, 9.17) is 0 Å². The molecule has 0 unspecified atom stereocenters. The lowest BCUT2D eigenvalue weighted by atomic mass is 9.61. The van der Waals surface area contributed by atoms with E-state index in [0.29, 0.717) is 41.6 Å². The average molecular weight is 429 g/mol. The Hall–Kier alpha value is -1.16. The number of aliphatic hydroxyl groups excluding tert-OH is 2. The van der Waals surface area contributed by atoms with E-state index >= 15 is 0 Å². The van der Waals surface area contributed by atoms with Gasteiger partial charge in [-0.15, -0.1) is 0 Å². The first-order valence-electron chi connectivity index (χ1n) is 12.3. The molecule has 3 N–H and O–H groups in total. The summed E-state index contributed by atoms with van der Waals surface area (Å²) in [5.41, 5.74) is 2.87. The van der Waals surface area contributed by atoms with E-state index < -0.39 is 17.8 Å². The zero-order valence-electron chi connectivity index (χ0n) is 20.3. The minimum atomic E-state index is -0.681. The standard InChI is InChI=1S/C28H44O3/c1-18(9-10-19(2)27(4,5)31)23-13-14-24-22(8-7-15-28(23,24)6)12-11-21-16-25(29)20(3)26(30)17-21/h9-12,18-19,23-26,29-31H,3,7-8,13-17H2,1-2,4-6H3/t18-,19-,23+,24-,25+,26+,28+/m0/s1. The third-order valence-electron chi connectivity index (χ3n) is 8.79. The summed E-state index contributed by atoms with van der Waals surface area (Å²) in [5, 5.41) is 30.5. The van der Waals surface area contributed by atoms with Crippen molar-refractivity contribution in [2.75, 3.05) is 0 Å². The molecule has 7 atom stereocenters. The molecule has 0 bridgehead atoms. The molecular formula is C28H44O3. The normalized spacial score (nSPS) is 37.9. The highest BCUT2D eigenvalue weighted by atomic mass is 16.3. The zero-order valence-corrected chi connectivity index (χ0v) is 20.3. The summed E-state index contributed by atoms with van der Waals surface area (Å²) < 4.78 is 0. The van der Waals surface area contributed by atoms with Gasteiger partial charge in [0.2, 0.25) is 0 Å². The van der Waals surface area contributed by atoms with E-state index in [1.165, 1.54) is 25.7 Å². The molecule has 174 valence electrons. The molecule has 31 heavy (non-hydrogen) atoms. The van der Waals surface area contributed by atoms with Gasteiger partial charge in [-0.3, -0.25) is 0 Å². The van der Waals surface area contributed by atoms with Crippen LogP contribution in [0.4, 0.5) is 0 Å². The van der Waals surface area contributed by atoms with E-state index in [9.17, 15) is 15.3 Å². The van der Waals surface area contributed by atoms with Crippen molar-refractivity contribution in [3.05, 3.63) is 47.6 Å². The summed E-state index contributed by atoms with van der Waals surface area (Å²) in [6.45, 7) is 14.5. The number of fused-ring (bicyclic) bond motifs is 1. The van der Waals surface area contributed by atoms with Gasteiger partial charge in [-0.05, 0) is 87.5 Å². The highest BCUT2D eigenvalue weighted by Gasteiger charge is 2.50. The van der Waals surface area contributed by atoms with Crippen LogP contribution in [0, 0.1) is 29.1 Å². The molecule has 0 saturated heterocycles. The summed E-state index contributed by atoms with van der Waals surface area (Å²) in [7, 11) is 0. The first-order chi connectivity index (χ1) is 14.4. The van der Waals surface area contributed by atoms with Crippen LogP contribution in [-0.2, 0) is 0 Å². The van der Waals surface area contributed by atoms with E-state index in [1.807, 2.05) is 13.8 Å². The molecule has 3 heteroatoms. The quantitative estimate of drug-likeness (QED) is 0.490. The molecule has 3 fully saturated rings. The van der Waals surface area contributed by atoms with Crippen LogP contribution in [0.3, 0.4) is 0 Å². The average Bonchev–Trinajstić information content (AvgIpc) is 3.05. The SMILES string of the molecule is C=C1[C@H](O)CC(=CC=C2CCC[C@]3(C)[C@@H]([C@@H](C)C=C[C@H](C)C(C)(C)O)CC[C@@H]23)C[C@H]1O. The van der Waals surface area contributed by atoms with Crippen molar-refractivity contribution in [3.63, 3.8) is 0 Å². The second-order valence-electron chi connectivity index (χ2n) is 11.4. The first-order valence-corrected chi connectivity index (χ1v) is 12.3. The molecule has 3 saturated carbocycles. The van der Waals surface area contributed by atoms with Gasteiger partial charge < -0.3 is 15.3 Å². The maximum Gasteiger partial charge on any atom is 0.0809 e. The summed E-state index contributed by atoms with van der Waals surface area (Å²) >= 11 is 0. The van der Waals surface area contributed by atoms with Crippen molar-refractivity contribution in [3.8, 4) is 0 Å². The Balaban J connectivity index is 1.73. The Labute approximate surface area is 189 Å². The Morgan fingerprint density at radius 1 is 1.06 bits per heavy atom. The Bertz CT molecular complexity index is 737. The Kier molecular flexibility index (Phi) is 7.40. The molecule has 0 aromatic heterocycles. The van der Waals surface area contributed by atoms with Gasteiger partial charge in [-0.1, -0.05) is 62.8 Å². The molecule has 0 aliphatic heterocycles. The van der Waals surface area contributed by atoms with Crippen LogP contribution in [0.25, 0.3) is 0 Å². The highest BCUT2D eigenvalue weighted by molar-refractivity contribution is 5.29. The maximum absolute atomic E-state index is 10.3. The van der Waals surface area contributed by atoms with E-state index in [1.54, 1.807) is 5.57 Å². The molecule has 0 aromatic rings. The molecule has 3 aliphatic carbocycles. The van der Waals surface area contributed by atoms with E-state index in [0.717, 1.165) is 12.0 Å². The van der Waals surface area contributed by atoms with Crippen LogP contribution < -0.4 is 0 Å². The molecule has 3 nitrogen and oxygen atoms in total. The van der Waals surface area contributed by atoms with Crippen molar-refractivity contribution >= 4 is 0 Å². The van der Waals surface area contributed by atoms with E-state index in [2.05, 4.69) is 51.7 Å². The number of aliphatic hydroxyl groups is 3. The molecule has 3 aliphatic rings. The molecule has 0 heterocycles.